The van der Waals surface area contributed by atoms with Gasteiger partial charge in [0.1, 0.15) is 5.52 Å². The van der Waals surface area contributed by atoms with E-state index in [2.05, 4.69) is 20.6 Å². The van der Waals surface area contributed by atoms with Crippen LogP contribution < -0.4 is 11.3 Å². The molecule has 3 heterocycles. The molecule has 3 aromatic rings. The van der Waals surface area contributed by atoms with Gasteiger partial charge >= 0.3 is 0 Å². The fourth-order valence-electron chi connectivity index (χ4n) is 1.70. The van der Waals surface area contributed by atoms with Crippen molar-refractivity contribution in [2.45, 2.75) is 0 Å². The molecule has 0 bridgehead atoms. The molecular weight excluding hydrogens is 194 g/mol. The molecule has 0 unspecified atom stereocenters. The third kappa shape index (κ3) is 0.947. The lowest BCUT2D eigenvalue weighted by Crippen LogP contribution is -2.12. The number of nitrogens with zero attached hydrogens (tertiary/aromatic N) is 5. The SMILES string of the molecule is Cn1ncc2c1c(NN)nn1ccnc21. The number of nitrogen functional groups attached to an aromatic ring is 1. The van der Waals surface area contributed by atoms with Crippen LogP contribution in [0.4, 0.5) is 5.82 Å². The molecule has 15 heavy (non-hydrogen) atoms. The van der Waals surface area contributed by atoms with E-state index >= 15 is 0 Å². The molecule has 7 heteroatoms. The molecular formula is C8H9N7. The van der Waals surface area contributed by atoms with Crippen molar-refractivity contribution in [1.82, 2.24) is 24.4 Å². The fraction of sp³-hybridized carbons (Fsp3) is 0.125. The number of fused-ring (bicyclic) bond motifs is 3. The number of anilines is 1. The van der Waals surface area contributed by atoms with Crippen LogP contribution in [-0.4, -0.2) is 24.4 Å². The van der Waals surface area contributed by atoms with E-state index in [1.165, 1.54) is 0 Å². The van der Waals surface area contributed by atoms with Gasteiger partial charge in [0.15, 0.2) is 11.5 Å². The third-order valence-electron chi connectivity index (χ3n) is 2.37. The molecule has 0 spiro atoms. The number of nitrogens with one attached hydrogen (secondary N) is 1. The predicted molar refractivity (Wildman–Crippen MR) is 55.1 cm³/mol. The second-order valence-electron chi connectivity index (χ2n) is 3.22. The van der Waals surface area contributed by atoms with Gasteiger partial charge in [-0.05, 0) is 0 Å². The number of nitrogens with two attached hydrogens (primary N) is 1. The van der Waals surface area contributed by atoms with Crippen LogP contribution in [0.25, 0.3) is 16.6 Å². The molecule has 0 aliphatic heterocycles. The van der Waals surface area contributed by atoms with Gasteiger partial charge in [-0.3, -0.25) is 4.68 Å². The van der Waals surface area contributed by atoms with E-state index in [1.54, 1.807) is 27.8 Å². The van der Waals surface area contributed by atoms with Crippen LogP contribution in [0, 0.1) is 0 Å². The Morgan fingerprint density at radius 1 is 1.47 bits per heavy atom. The van der Waals surface area contributed by atoms with E-state index in [-0.39, 0.29) is 0 Å². The summed E-state index contributed by atoms with van der Waals surface area (Å²) in [6, 6.07) is 0. The number of aryl methyl sites for hydroxylation is 1. The van der Waals surface area contributed by atoms with Gasteiger partial charge in [-0.2, -0.15) is 5.10 Å². The van der Waals surface area contributed by atoms with Crippen LogP contribution in [0.5, 0.6) is 0 Å². The van der Waals surface area contributed by atoms with E-state index in [9.17, 15) is 0 Å². The first kappa shape index (κ1) is 8.18. The van der Waals surface area contributed by atoms with Crippen LogP contribution in [0.15, 0.2) is 18.6 Å². The second kappa shape index (κ2) is 2.67. The minimum atomic E-state index is 0.579. The fourth-order valence-corrected chi connectivity index (χ4v) is 1.70. The van der Waals surface area contributed by atoms with Gasteiger partial charge in [0.2, 0.25) is 0 Å². The van der Waals surface area contributed by atoms with Crippen molar-refractivity contribution < 1.29 is 0 Å². The summed E-state index contributed by atoms with van der Waals surface area (Å²) in [7, 11) is 1.84. The zero-order valence-corrected chi connectivity index (χ0v) is 8.05. The third-order valence-corrected chi connectivity index (χ3v) is 2.37. The van der Waals surface area contributed by atoms with Crippen molar-refractivity contribution in [2.75, 3.05) is 5.43 Å². The minimum Gasteiger partial charge on any atom is -0.305 e. The van der Waals surface area contributed by atoms with Crippen LogP contribution in [0.2, 0.25) is 0 Å². The summed E-state index contributed by atoms with van der Waals surface area (Å²) in [6.07, 6.45) is 5.21. The van der Waals surface area contributed by atoms with Crippen LogP contribution in [-0.2, 0) is 7.05 Å². The highest BCUT2D eigenvalue weighted by atomic mass is 15.4. The standard InChI is InChI=1S/C8H9N7/c1-14-6-5(4-11-14)8-10-2-3-15(8)13-7(6)12-9/h2-4H,9H2,1H3,(H,12,13). The van der Waals surface area contributed by atoms with Crippen molar-refractivity contribution >= 4 is 22.4 Å². The van der Waals surface area contributed by atoms with Crippen LogP contribution in [0.1, 0.15) is 0 Å². The van der Waals surface area contributed by atoms with E-state index < -0.39 is 0 Å². The van der Waals surface area contributed by atoms with Crippen LogP contribution in [0.3, 0.4) is 0 Å². The highest BCUT2D eigenvalue weighted by Crippen LogP contribution is 2.22. The van der Waals surface area contributed by atoms with Crippen molar-refractivity contribution in [3.63, 3.8) is 0 Å². The quantitative estimate of drug-likeness (QED) is 0.426. The summed E-state index contributed by atoms with van der Waals surface area (Å²) in [5, 5.41) is 9.36. The monoisotopic (exact) mass is 203 g/mol. The normalized spacial score (nSPS) is 11.3. The Kier molecular flexibility index (Phi) is 1.46. The highest BCUT2D eigenvalue weighted by molar-refractivity contribution is 5.97. The lowest BCUT2D eigenvalue weighted by atomic mass is 10.3. The maximum Gasteiger partial charge on any atom is 0.187 e. The Bertz CT molecular complexity index is 635. The molecule has 0 aliphatic rings. The molecule has 7 nitrogen and oxygen atoms in total. The second-order valence-corrected chi connectivity index (χ2v) is 3.22. The summed E-state index contributed by atoms with van der Waals surface area (Å²) < 4.78 is 3.38. The highest BCUT2D eigenvalue weighted by Gasteiger charge is 2.12. The first-order chi connectivity index (χ1) is 7.31. The first-order valence-corrected chi connectivity index (χ1v) is 4.43. The summed E-state index contributed by atoms with van der Waals surface area (Å²) in [5.74, 6) is 6.00. The van der Waals surface area contributed by atoms with Crippen molar-refractivity contribution in [2.24, 2.45) is 12.9 Å². The molecule has 0 saturated heterocycles. The number of hydrogen-bond donors (Lipinski definition) is 2. The lowest BCUT2D eigenvalue weighted by molar-refractivity contribution is 0.793. The first-order valence-electron chi connectivity index (χ1n) is 4.43. The van der Waals surface area contributed by atoms with Crippen molar-refractivity contribution in [3.05, 3.63) is 18.6 Å². The maximum atomic E-state index is 5.42. The molecule has 0 fully saturated rings. The summed E-state index contributed by atoms with van der Waals surface area (Å²) >= 11 is 0. The topological polar surface area (TPSA) is 86.1 Å². The molecule has 0 aliphatic carbocycles. The zero-order chi connectivity index (χ0) is 10.4. The Labute approximate surface area is 84.5 Å². The van der Waals surface area contributed by atoms with Gasteiger partial charge in [0, 0.05) is 19.4 Å². The Balaban J connectivity index is 2.60. The van der Waals surface area contributed by atoms with E-state index in [0.29, 0.717) is 5.82 Å². The van der Waals surface area contributed by atoms with Gasteiger partial charge in [-0.1, -0.05) is 0 Å². The molecule has 0 radical (unpaired) electrons. The Morgan fingerprint density at radius 2 is 2.33 bits per heavy atom. The van der Waals surface area contributed by atoms with E-state index in [1.807, 2.05) is 7.05 Å². The number of hydrogen-bond acceptors (Lipinski definition) is 5. The number of hydrazine groups is 1. The summed E-state index contributed by atoms with van der Waals surface area (Å²) in [5.41, 5.74) is 4.18. The zero-order valence-electron chi connectivity index (χ0n) is 8.05. The van der Waals surface area contributed by atoms with Crippen molar-refractivity contribution in [1.29, 1.82) is 0 Å². The number of aromatic nitrogens is 5. The van der Waals surface area contributed by atoms with Crippen molar-refractivity contribution in [3.8, 4) is 0 Å². The molecule has 0 atom stereocenters. The maximum absolute atomic E-state index is 5.42. The van der Waals surface area contributed by atoms with E-state index in [4.69, 9.17) is 5.84 Å². The van der Waals surface area contributed by atoms with Gasteiger partial charge in [0.25, 0.3) is 0 Å². The number of rotatable bonds is 1. The molecule has 76 valence electrons. The molecule has 0 amide bonds. The van der Waals surface area contributed by atoms with Gasteiger partial charge in [0.05, 0.1) is 11.6 Å². The smallest absolute Gasteiger partial charge is 0.187 e. The number of imidazole rings is 1. The molecule has 3 N–H and O–H groups in total. The molecule has 0 aromatic carbocycles. The molecule has 3 rings (SSSR count). The molecule has 0 saturated carbocycles. The van der Waals surface area contributed by atoms with Gasteiger partial charge in [-0.25, -0.2) is 15.3 Å². The predicted octanol–water partition coefficient (Wildman–Crippen LogP) is -0.0984. The van der Waals surface area contributed by atoms with Crippen LogP contribution >= 0.6 is 0 Å². The largest absolute Gasteiger partial charge is 0.305 e. The van der Waals surface area contributed by atoms with E-state index in [0.717, 1.165) is 16.6 Å². The Morgan fingerprint density at radius 3 is 3.13 bits per heavy atom. The average molecular weight is 203 g/mol. The molecule has 3 aromatic heterocycles. The van der Waals surface area contributed by atoms with Gasteiger partial charge < -0.3 is 5.43 Å². The Hall–Kier alpha value is -2.15. The average Bonchev–Trinajstić information content (AvgIpc) is 2.83. The minimum absolute atomic E-state index is 0.579. The summed E-state index contributed by atoms with van der Waals surface area (Å²) in [6.45, 7) is 0. The lowest BCUT2D eigenvalue weighted by Gasteiger charge is -2.03. The van der Waals surface area contributed by atoms with Gasteiger partial charge in [-0.15, -0.1) is 5.10 Å². The summed E-state index contributed by atoms with van der Waals surface area (Å²) in [4.78, 5) is 4.21.